The number of imidazole rings is 1. The number of benzene rings is 1. The molecule has 1 N–H and O–H groups in total. The van der Waals surface area contributed by atoms with Crippen molar-refractivity contribution in [3.63, 3.8) is 0 Å². The largest absolute Gasteiger partial charge is 0.473 e. The Labute approximate surface area is 133 Å². The van der Waals surface area contributed by atoms with E-state index in [1.807, 2.05) is 54.8 Å². The summed E-state index contributed by atoms with van der Waals surface area (Å²) >= 11 is 0. The van der Waals surface area contributed by atoms with E-state index in [2.05, 4.69) is 4.98 Å². The second-order valence-corrected chi connectivity index (χ2v) is 5.79. The van der Waals surface area contributed by atoms with Crippen LogP contribution in [0, 0.1) is 13.8 Å². The van der Waals surface area contributed by atoms with Gasteiger partial charge in [-0.15, -0.1) is 0 Å². The summed E-state index contributed by atoms with van der Waals surface area (Å²) in [5.74, 6) is 0.123. The molecule has 2 atom stereocenters. The van der Waals surface area contributed by atoms with Gasteiger partial charge in [0, 0.05) is 17.5 Å². The van der Waals surface area contributed by atoms with Gasteiger partial charge in [0.15, 0.2) is 17.5 Å². The Morgan fingerprint density at radius 2 is 1.91 bits per heavy atom. The minimum absolute atomic E-state index is 0.354. The lowest BCUT2D eigenvalue weighted by atomic mass is 9.94. The number of carbonyl (C=O) groups is 1. The Kier molecular flexibility index (Phi) is 2.99. The normalized spacial score (nSPS) is 20.4. The van der Waals surface area contributed by atoms with Gasteiger partial charge >= 0.3 is 0 Å². The predicted molar refractivity (Wildman–Crippen MR) is 84.4 cm³/mol. The minimum Gasteiger partial charge on any atom is -0.473 e. The number of aliphatic hydroxyl groups is 1. The van der Waals surface area contributed by atoms with Crippen LogP contribution >= 0.6 is 0 Å². The molecule has 4 rings (SSSR count). The smallest absolute Gasteiger partial charge is 0.210 e. The monoisotopic (exact) mass is 308 g/mol. The standard InChI is InChI=1S/C18H16N2O3/c1-10-11(2)20-9-8-13-14(21)15(22)16(12-6-4-3-5-7-12)23-17(13)18(20)19-10/h3-9,14,16,21H,1-2H3. The summed E-state index contributed by atoms with van der Waals surface area (Å²) in [5.41, 5.74) is 3.73. The van der Waals surface area contributed by atoms with Gasteiger partial charge in [0.1, 0.15) is 6.10 Å². The summed E-state index contributed by atoms with van der Waals surface area (Å²) in [6, 6.07) is 10.9. The van der Waals surface area contributed by atoms with Gasteiger partial charge in [-0.05, 0) is 25.5 Å². The van der Waals surface area contributed by atoms with Gasteiger partial charge in [0.2, 0.25) is 5.78 Å². The number of ether oxygens (including phenoxy) is 1. The van der Waals surface area contributed by atoms with Crippen LogP contribution in [0.25, 0.3) is 5.65 Å². The first kappa shape index (κ1) is 14.0. The Morgan fingerprint density at radius 3 is 2.65 bits per heavy atom. The van der Waals surface area contributed by atoms with Crippen LogP contribution in [0.1, 0.15) is 34.7 Å². The molecule has 23 heavy (non-hydrogen) atoms. The fourth-order valence-electron chi connectivity index (χ4n) is 3.00. The van der Waals surface area contributed by atoms with Crippen LogP contribution in [0.5, 0.6) is 5.75 Å². The molecule has 0 radical (unpaired) electrons. The second kappa shape index (κ2) is 4.93. The number of hydrogen-bond donors (Lipinski definition) is 1. The fraction of sp³-hybridized carbons (Fsp3) is 0.222. The zero-order valence-electron chi connectivity index (χ0n) is 12.9. The molecule has 1 aliphatic heterocycles. The first-order valence-corrected chi connectivity index (χ1v) is 7.49. The van der Waals surface area contributed by atoms with Crippen molar-refractivity contribution in [1.29, 1.82) is 0 Å². The highest BCUT2D eigenvalue weighted by molar-refractivity contribution is 5.92. The molecule has 1 aliphatic rings. The molecular weight excluding hydrogens is 292 g/mol. The van der Waals surface area contributed by atoms with Crippen LogP contribution in [0.15, 0.2) is 42.6 Å². The van der Waals surface area contributed by atoms with Crippen molar-refractivity contribution in [2.75, 3.05) is 0 Å². The lowest BCUT2D eigenvalue weighted by Gasteiger charge is -2.28. The lowest BCUT2D eigenvalue weighted by Crippen LogP contribution is -2.30. The molecule has 5 nitrogen and oxygen atoms in total. The molecule has 0 saturated carbocycles. The van der Waals surface area contributed by atoms with E-state index >= 15 is 0 Å². The average molecular weight is 308 g/mol. The number of Topliss-reactive ketones (excluding diaryl/α,β-unsaturated/α-hetero) is 1. The molecule has 0 bridgehead atoms. The molecule has 2 aromatic heterocycles. The van der Waals surface area contributed by atoms with E-state index in [9.17, 15) is 9.90 Å². The SMILES string of the molecule is Cc1nc2c3c(ccn2c1C)C(O)C(=O)C(c1ccccc1)O3. The zero-order valence-corrected chi connectivity index (χ0v) is 12.9. The number of nitrogens with zero attached hydrogens (tertiary/aromatic N) is 2. The van der Waals surface area contributed by atoms with Gasteiger partial charge in [0.05, 0.1) is 5.69 Å². The van der Waals surface area contributed by atoms with Crippen LogP contribution in [0.2, 0.25) is 0 Å². The first-order chi connectivity index (χ1) is 11.1. The predicted octanol–water partition coefficient (Wildman–Crippen LogP) is 2.69. The fourth-order valence-corrected chi connectivity index (χ4v) is 3.00. The Balaban J connectivity index is 1.92. The molecule has 0 spiro atoms. The maximum Gasteiger partial charge on any atom is 0.210 e. The van der Waals surface area contributed by atoms with Crippen LogP contribution < -0.4 is 4.74 Å². The van der Waals surface area contributed by atoms with E-state index in [4.69, 9.17) is 4.74 Å². The first-order valence-electron chi connectivity index (χ1n) is 7.49. The highest BCUT2D eigenvalue weighted by Gasteiger charge is 2.38. The van der Waals surface area contributed by atoms with Crippen molar-refractivity contribution < 1.29 is 14.6 Å². The molecule has 0 fully saturated rings. The number of ketones is 1. The van der Waals surface area contributed by atoms with Crippen LogP contribution in [-0.4, -0.2) is 20.3 Å². The average Bonchev–Trinajstić information content (AvgIpc) is 2.86. The van der Waals surface area contributed by atoms with E-state index in [1.165, 1.54) is 0 Å². The minimum atomic E-state index is -1.20. The molecule has 0 amide bonds. The van der Waals surface area contributed by atoms with E-state index in [1.54, 1.807) is 6.07 Å². The summed E-state index contributed by atoms with van der Waals surface area (Å²) in [6.45, 7) is 3.90. The summed E-state index contributed by atoms with van der Waals surface area (Å²) in [6.07, 6.45) is -0.208. The van der Waals surface area contributed by atoms with E-state index in [0.717, 1.165) is 17.0 Å². The van der Waals surface area contributed by atoms with Gasteiger partial charge in [-0.25, -0.2) is 4.98 Å². The lowest BCUT2D eigenvalue weighted by molar-refractivity contribution is -0.137. The third-order valence-corrected chi connectivity index (χ3v) is 4.42. The maximum absolute atomic E-state index is 12.5. The molecule has 0 aliphatic carbocycles. The van der Waals surface area contributed by atoms with Crippen molar-refractivity contribution >= 4 is 11.4 Å². The van der Waals surface area contributed by atoms with Gasteiger partial charge in [-0.1, -0.05) is 30.3 Å². The van der Waals surface area contributed by atoms with Crippen molar-refractivity contribution in [2.45, 2.75) is 26.1 Å². The molecule has 3 heterocycles. The molecule has 1 aromatic carbocycles. The third-order valence-electron chi connectivity index (χ3n) is 4.42. The van der Waals surface area contributed by atoms with Gasteiger partial charge < -0.3 is 14.2 Å². The quantitative estimate of drug-likeness (QED) is 0.751. The summed E-state index contributed by atoms with van der Waals surface area (Å²) < 4.78 is 7.90. The molecule has 0 saturated heterocycles. The Hall–Kier alpha value is -2.66. The van der Waals surface area contributed by atoms with E-state index in [-0.39, 0.29) is 5.78 Å². The number of pyridine rings is 1. The zero-order chi connectivity index (χ0) is 16.1. The second-order valence-electron chi connectivity index (χ2n) is 5.79. The van der Waals surface area contributed by atoms with Crippen LogP contribution in [0.3, 0.4) is 0 Å². The molecule has 3 aromatic rings. The number of rotatable bonds is 1. The van der Waals surface area contributed by atoms with Crippen molar-refractivity contribution in [1.82, 2.24) is 9.38 Å². The number of carbonyl (C=O) groups excluding carboxylic acids is 1. The third kappa shape index (κ3) is 1.97. The van der Waals surface area contributed by atoms with E-state index < -0.39 is 12.2 Å². The maximum atomic E-state index is 12.5. The van der Waals surface area contributed by atoms with Crippen LogP contribution in [0.4, 0.5) is 0 Å². The van der Waals surface area contributed by atoms with Crippen LogP contribution in [-0.2, 0) is 4.79 Å². The number of aliphatic hydroxyl groups excluding tert-OH is 1. The highest BCUT2D eigenvalue weighted by atomic mass is 16.5. The molecular formula is C18H16N2O3. The van der Waals surface area contributed by atoms with Gasteiger partial charge in [-0.3, -0.25) is 4.79 Å². The number of hydrogen-bond acceptors (Lipinski definition) is 4. The number of aromatic nitrogens is 2. The topological polar surface area (TPSA) is 63.8 Å². The summed E-state index contributed by atoms with van der Waals surface area (Å²) in [5, 5.41) is 10.4. The molecule has 116 valence electrons. The highest BCUT2D eigenvalue weighted by Crippen LogP contribution is 2.41. The summed E-state index contributed by atoms with van der Waals surface area (Å²) in [7, 11) is 0. The van der Waals surface area contributed by atoms with E-state index in [0.29, 0.717) is 17.0 Å². The van der Waals surface area contributed by atoms with Gasteiger partial charge in [0.25, 0.3) is 0 Å². The number of fused-ring (bicyclic) bond motifs is 3. The number of aryl methyl sites for hydroxylation is 2. The molecule has 5 heteroatoms. The molecule has 2 unspecified atom stereocenters. The van der Waals surface area contributed by atoms with Gasteiger partial charge in [-0.2, -0.15) is 0 Å². The van der Waals surface area contributed by atoms with Crippen molar-refractivity contribution in [3.05, 3.63) is 65.1 Å². The van der Waals surface area contributed by atoms with Crippen molar-refractivity contribution in [3.8, 4) is 5.75 Å². The summed E-state index contributed by atoms with van der Waals surface area (Å²) in [4.78, 5) is 17.0. The Bertz CT molecular complexity index is 915. The van der Waals surface area contributed by atoms with Crippen molar-refractivity contribution in [2.24, 2.45) is 0 Å². The Morgan fingerprint density at radius 1 is 1.17 bits per heavy atom.